The molecule has 4 nitrogen and oxygen atoms in total. The van der Waals surface area contributed by atoms with Crippen LogP contribution in [0.1, 0.15) is 47.1 Å². The number of hydrogen-bond acceptors (Lipinski definition) is 2. The fraction of sp³-hybridized carbons (Fsp3) is 0.263. The minimum atomic E-state index is -0.289. The van der Waals surface area contributed by atoms with Crippen molar-refractivity contribution in [3.05, 3.63) is 71.3 Å². The average molecular weight is 310 g/mol. The van der Waals surface area contributed by atoms with Crippen LogP contribution in [0.4, 0.5) is 0 Å². The van der Waals surface area contributed by atoms with Crippen LogP contribution in [0.3, 0.4) is 0 Å². The molecule has 2 N–H and O–H groups in total. The summed E-state index contributed by atoms with van der Waals surface area (Å²) in [6.07, 6.45) is 0. The lowest BCUT2D eigenvalue weighted by Crippen LogP contribution is -2.40. The van der Waals surface area contributed by atoms with E-state index < -0.39 is 0 Å². The van der Waals surface area contributed by atoms with Crippen molar-refractivity contribution < 1.29 is 9.59 Å². The van der Waals surface area contributed by atoms with E-state index in [1.54, 1.807) is 24.3 Å². The van der Waals surface area contributed by atoms with Crippen LogP contribution < -0.4 is 10.6 Å². The second kappa shape index (κ2) is 7.09. The van der Waals surface area contributed by atoms with Crippen LogP contribution in [0.15, 0.2) is 54.6 Å². The van der Waals surface area contributed by atoms with Gasteiger partial charge in [-0.15, -0.1) is 0 Å². The summed E-state index contributed by atoms with van der Waals surface area (Å²) in [4.78, 5) is 24.2. The predicted molar refractivity (Wildman–Crippen MR) is 91.3 cm³/mol. The van der Waals surface area contributed by atoms with Gasteiger partial charge in [0.1, 0.15) is 0 Å². The van der Waals surface area contributed by atoms with Gasteiger partial charge in [-0.3, -0.25) is 9.59 Å². The third-order valence-electron chi connectivity index (χ3n) is 3.19. The Bertz CT molecular complexity index is 671. The maximum atomic E-state index is 12.1. The molecule has 2 rings (SSSR count). The Labute approximate surface area is 136 Å². The molecular formula is C19H22N2O2. The van der Waals surface area contributed by atoms with Gasteiger partial charge in [-0.05, 0) is 50.6 Å². The summed E-state index contributed by atoms with van der Waals surface area (Å²) in [6, 6.07) is 16.4. The molecule has 4 heteroatoms. The molecule has 0 atom stereocenters. The second-order valence-electron chi connectivity index (χ2n) is 6.45. The first kappa shape index (κ1) is 16.7. The Kier molecular flexibility index (Phi) is 5.16. The van der Waals surface area contributed by atoms with Crippen molar-refractivity contribution in [1.29, 1.82) is 0 Å². The van der Waals surface area contributed by atoms with Gasteiger partial charge in [-0.2, -0.15) is 0 Å². The molecule has 23 heavy (non-hydrogen) atoms. The molecule has 2 amide bonds. The third kappa shape index (κ3) is 5.25. The highest BCUT2D eigenvalue weighted by molar-refractivity contribution is 5.98. The minimum Gasteiger partial charge on any atom is -0.348 e. The highest BCUT2D eigenvalue weighted by atomic mass is 16.2. The molecule has 0 saturated carbocycles. The summed E-state index contributed by atoms with van der Waals surface area (Å²) < 4.78 is 0. The highest BCUT2D eigenvalue weighted by Gasteiger charge is 2.15. The van der Waals surface area contributed by atoms with E-state index in [0.29, 0.717) is 17.7 Å². The number of carbonyl (C=O) groups excluding carboxylic acids is 2. The molecule has 0 aliphatic carbocycles. The third-order valence-corrected chi connectivity index (χ3v) is 3.19. The van der Waals surface area contributed by atoms with Gasteiger partial charge in [0.25, 0.3) is 11.8 Å². The van der Waals surface area contributed by atoms with E-state index in [9.17, 15) is 9.59 Å². The number of benzene rings is 2. The van der Waals surface area contributed by atoms with E-state index in [1.807, 2.05) is 51.1 Å². The van der Waals surface area contributed by atoms with Crippen molar-refractivity contribution in [2.75, 3.05) is 0 Å². The number of rotatable bonds is 4. The van der Waals surface area contributed by atoms with Gasteiger partial charge < -0.3 is 10.6 Å². The maximum absolute atomic E-state index is 12.1. The predicted octanol–water partition coefficient (Wildman–Crippen LogP) is 3.14. The van der Waals surface area contributed by atoms with E-state index in [4.69, 9.17) is 0 Å². The molecule has 120 valence electrons. The van der Waals surface area contributed by atoms with Crippen molar-refractivity contribution >= 4 is 11.8 Å². The first-order valence-electron chi connectivity index (χ1n) is 7.60. The van der Waals surface area contributed by atoms with Crippen LogP contribution in [0, 0.1) is 0 Å². The van der Waals surface area contributed by atoms with Gasteiger partial charge in [-0.25, -0.2) is 0 Å². The Morgan fingerprint density at radius 2 is 1.35 bits per heavy atom. The van der Waals surface area contributed by atoms with Crippen molar-refractivity contribution in [3.8, 4) is 0 Å². The summed E-state index contributed by atoms with van der Waals surface area (Å²) in [5.41, 5.74) is 1.83. The van der Waals surface area contributed by atoms with Crippen LogP contribution in [0.5, 0.6) is 0 Å². The summed E-state index contributed by atoms with van der Waals surface area (Å²) in [7, 11) is 0. The number of nitrogens with one attached hydrogen (secondary N) is 2. The smallest absolute Gasteiger partial charge is 0.251 e. The van der Waals surface area contributed by atoms with Gasteiger partial charge in [0, 0.05) is 23.2 Å². The molecule has 0 aliphatic heterocycles. The average Bonchev–Trinajstić information content (AvgIpc) is 2.52. The summed E-state index contributed by atoms with van der Waals surface area (Å²) >= 11 is 0. The Morgan fingerprint density at radius 1 is 0.826 bits per heavy atom. The zero-order valence-electron chi connectivity index (χ0n) is 13.7. The van der Waals surface area contributed by atoms with E-state index in [-0.39, 0.29) is 17.4 Å². The fourth-order valence-electron chi connectivity index (χ4n) is 2.07. The molecule has 0 aliphatic rings. The topological polar surface area (TPSA) is 58.2 Å². The quantitative estimate of drug-likeness (QED) is 0.911. The lowest BCUT2D eigenvalue weighted by atomic mass is 10.1. The molecule has 2 aromatic carbocycles. The van der Waals surface area contributed by atoms with Crippen molar-refractivity contribution in [1.82, 2.24) is 10.6 Å². The Balaban J connectivity index is 1.96. The van der Waals surface area contributed by atoms with Crippen LogP contribution >= 0.6 is 0 Å². The van der Waals surface area contributed by atoms with E-state index in [1.165, 1.54) is 0 Å². The highest BCUT2D eigenvalue weighted by Crippen LogP contribution is 2.08. The van der Waals surface area contributed by atoms with Crippen LogP contribution in [-0.4, -0.2) is 17.4 Å². The Morgan fingerprint density at radius 3 is 1.87 bits per heavy atom. The lowest BCUT2D eigenvalue weighted by Gasteiger charge is -2.20. The Hall–Kier alpha value is -2.62. The van der Waals surface area contributed by atoms with Gasteiger partial charge in [-0.1, -0.05) is 30.3 Å². The van der Waals surface area contributed by atoms with E-state index in [0.717, 1.165) is 5.56 Å². The number of amides is 2. The zero-order valence-corrected chi connectivity index (χ0v) is 13.7. The van der Waals surface area contributed by atoms with Crippen LogP contribution in [-0.2, 0) is 6.54 Å². The minimum absolute atomic E-state index is 0.145. The molecule has 0 aromatic heterocycles. The lowest BCUT2D eigenvalue weighted by molar-refractivity contribution is 0.0915. The van der Waals surface area contributed by atoms with Crippen molar-refractivity contribution in [2.45, 2.75) is 32.9 Å². The molecule has 0 unspecified atom stereocenters. The maximum Gasteiger partial charge on any atom is 0.251 e. The van der Waals surface area contributed by atoms with Crippen LogP contribution in [0.2, 0.25) is 0 Å². The van der Waals surface area contributed by atoms with Crippen molar-refractivity contribution in [2.24, 2.45) is 0 Å². The van der Waals surface area contributed by atoms with Gasteiger partial charge >= 0.3 is 0 Å². The SMILES string of the molecule is CC(C)(C)NC(=O)c1ccc(C(=O)NCc2ccccc2)cc1. The van der Waals surface area contributed by atoms with Gasteiger partial charge in [0.2, 0.25) is 0 Å². The van der Waals surface area contributed by atoms with Gasteiger partial charge in [0.05, 0.1) is 0 Å². The molecule has 0 heterocycles. The zero-order chi connectivity index (χ0) is 16.9. The van der Waals surface area contributed by atoms with E-state index >= 15 is 0 Å². The number of hydrogen-bond donors (Lipinski definition) is 2. The molecule has 0 bridgehead atoms. The van der Waals surface area contributed by atoms with Crippen molar-refractivity contribution in [3.63, 3.8) is 0 Å². The van der Waals surface area contributed by atoms with Crippen LogP contribution in [0.25, 0.3) is 0 Å². The standard InChI is InChI=1S/C19H22N2O2/c1-19(2,3)21-18(23)16-11-9-15(10-12-16)17(22)20-13-14-7-5-4-6-8-14/h4-12H,13H2,1-3H3,(H,20,22)(H,21,23). The first-order valence-corrected chi connectivity index (χ1v) is 7.60. The second-order valence-corrected chi connectivity index (χ2v) is 6.45. The van der Waals surface area contributed by atoms with E-state index in [2.05, 4.69) is 10.6 Å². The summed E-state index contributed by atoms with van der Waals surface area (Å²) in [5.74, 6) is -0.301. The molecular weight excluding hydrogens is 288 g/mol. The fourth-order valence-corrected chi connectivity index (χ4v) is 2.07. The van der Waals surface area contributed by atoms with Gasteiger partial charge in [0.15, 0.2) is 0 Å². The summed E-state index contributed by atoms with van der Waals surface area (Å²) in [5, 5.41) is 5.75. The first-order chi connectivity index (χ1) is 10.8. The summed E-state index contributed by atoms with van der Waals surface area (Å²) in [6.45, 7) is 6.26. The number of carbonyl (C=O) groups is 2. The molecule has 0 saturated heterocycles. The molecule has 0 radical (unpaired) electrons. The molecule has 0 spiro atoms. The largest absolute Gasteiger partial charge is 0.348 e. The normalized spacial score (nSPS) is 10.9. The molecule has 0 fully saturated rings. The monoisotopic (exact) mass is 310 g/mol. The molecule has 2 aromatic rings.